The van der Waals surface area contributed by atoms with Crippen molar-refractivity contribution in [1.82, 2.24) is 0 Å². The number of hydrogen-bond acceptors (Lipinski definition) is 5. The van der Waals surface area contributed by atoms with Gasteiger partial charge in [0.15, 0.2) is 5.60 Å². The van der Waals surface area contributed by atoms with Crippen LogP contribution in [0.5, 0.6) is 0 Å². The van der Waals surface area contributed by atoms with Gasteiger partial charge in [-0.15, -0.1) is 0 Å². The second kappa shape index (κ2) is 5.44. The largest absolute Gasteiger partial charge is 0.467 e. The molecule has 88 valence electrons. The van der Waals surface area contributed by atoms with Gasteiger partial charge in [0, 0.05) is 6.61 Å². The van der Waals surface area contributed by atoms with E-state index in [1.54, 1.807) is 0 Å². The van der Waals surface area contributed by atoms with Gasteiger partial charge in [0.25, 0.3) is 0 Å². The monoisotopic (exact) mass is 218 g/mol. The molecule has 2 atom stereocenters. The van der Waals surface area contributed by atoms with E-state index in [1.165, 1.54) is 14.0 Å². The number of ether oxygens (including phenoxy) is 3. The molecule has 0 radical (unpaired) electrons. The van der Waals surface area contributed by atoms with Gasteiger partial charge in [0.2, 0.25) is 0 Å². The zero-order chi connectivity index (χ0) is 11.3. The van der Waals surface area contributed by atoms with Crippen LogP contribution in [-0.2, 0) is 19.0 Å². The van der Waals surface area contributed by atoms with Crippen LogP contribution in [0.25, 0.3) is 0 Å². The summed E-state index contributed by atoms with van der Waals surface area (Å²) in [7, 11) is 1.23. The maximum absolute atomic E-state index is 11.1. The highest BCUT2D eigenvalue weighted by Crippen LogP contribution is 2.13. The second-order valence-corrected chi connectivity index (χ2v) is 3.92. The highest BCUT2D eigenvalue weighted by Gasteiger charge is 2.32. The predicted molar refractivity (Wildman–Crippen MR) is 52.4 cm³/mol. The summed E-state index contributed by atoms with van der Waals surface area (Å²) in [5.74, 6) is -0.685. The molecule has 2 unspecified atom stereocenters. The summed E-state index contributed by atoms with van der Waals surface area (Å²) >= 11 is 0. The van der Waals surface area contributed by atoms with Crippen molar-refractivity contribution in [3.63, 3.8) is 0 Å². The Kier molecular flexibility index (Phi) is 4.50. The number of carbonyl (C=O) groups is 1. The minimum absolute atomic E-state index is 0.0699. The average Bonchev–Trinajstić information content (AvgIpc) is 2.69. The molecule has 0 spiro atoms. The first-order valence-electron chi connectivity index (χ1n) is 5.06. The standard InChI is InChI=1S/C10H18O5/c1-10(12,9(11)13-2)7-14-6-8-4-3-5-15-8/h8,12H,3-7H2,1-2H3. The summed E-state index contributed by atoms with van der Waals surface area (Å²) in [6, 6.07) is 0. The van der Waals surface area contributed by atoms with Crippen LogP contribution in [0.15, 0.2) is 0 Å². The Morgan fingerprint density at radius 1 is 1.67 bits per heavy atom. The fraction of sp³-hybridized carbons (Fsp3) is 0.900. The summed E-state index contributed by atoms with van der Waals surface area (Å²) in [5, 5.41) is 9.62. The van der Waals surface area contributed by atoms with Crippen LogP contribution in [0.4, 0.5) is 0 Å². The first-order chi connectivity index (χ1) is 7.06. The van der Waals surface area contributed by atoms with Gasteiger partial charge >= 0.3 is 5.97 Å². The Morgan fingerprint density at radius 2 is 2.40 bits per heavy atom. The number of carbonyl (C=O) groups excluding carboxylic acids is 1. The van der Waals surface area contributed by atoms with Gasteiger partial charge in [0.05, 0.1) is 26.4 Å². The Balaban J connectivity index is 2.20. The third-order valence-corrected chi connectivity index (χ3v) is 2.34. The lowest BCUT2D eigenvalue weighted by Crippen LogP contribution is -2.41. The smallest absolute Gasteiger partial charge is 0.339 e. The van der Waals surface area contributed by atoms with E-state index < -0.39 is 11.6 Å². The minimum Gasteiger partial charge on any atom is -0.467 e. The van der Waals surface area contributed by atoms with E-state index in [-0.39, 0.29) is 12.7 Å². The van der Waals surface area contributed by atoms with Crippen LogP contribution in [-0.4, -0.2) is 49.7 Å². The Labute approximate surface area is 89.3 Å². The molecule has 0 bridgehead atoms. The fourth-order valence-electron chi connectivity index (χ4n) is 1.44. The molecule has 0 aliphatic carbocycles. The van der Waals surface area contributed by atoms with Gasteiger partial charge in [-0.1, -0.05) is 0 Å². The normalized spacial score (nSPS) is 24.9. The lowest BCUT2D eigenvalue weighted by molar-refractivity contribution is -0.167. The molecule has 1 aliphatic rings. The molecule has 1 rings (SSSR count). The molecular weight excluding hydrogens is 200 g/mol. The molecule has 0 aromatic heterocycles. The van der Waals surface area contributed by atoms with E-state index in [1.807, 2.05) is 0 Å². The third-order valence-electron chi connectivity index (χ3n) is 2.34. The van der Waals surface area contributed by atoms with Crippen LogP contribution in [0.3, 0.4) is 0 Å². The van der Waals surface area contributed by atoms with E-state index in [4.69, 9.17) is 9.47 Å². The molecule has 1 saturated heterocycles. The molecule has 1 N–H and O–H groups in total. The summed E-state index contributed by atoms with van der Waals surface area (Å²) in [6.45, 7) is 2.47. The van der Waals surface area contributed by atoms with E-state index in [0.717, 1.165) is 19.4 Å². The molecule has 1 heterocycles. The summed E-state index contributed by atoms with van der Waals surface area (Å²) in [4.78, 5) is 11.1. The Morgan fingerprint density at radius 3 is 2.93 bits per heavy atom. The summed E-state index contributed by atoms with van der Waals surface area (Å²) in [5.41, 5.74) is -1.58. The molecule has 0 aromatic rings. The van der Waals surface area contributed by atoms with Gasteiger partial charge in [-0.2, -0.15) is 0 Å². The van der Waals surface area contributed by atoms with Crippen LogP contribution >= 0.6 is 0 Å². The molecule has 5 nitrogen and oxygen atoms in total. The number of hydrogen-bond donors (Lipinski definition) is 1. The molecular formula is C10H18O5. The van der Waals surface area contributed by atoms with Gasteiger partial charge < -0.3 is 19.3 Å². The van der Waals surface area contributed by atoms with Crippen molar-refractivity contribution >= 4 is 5.97 Å². The van der Waals surface area contributed by atoms with Crippen molar-refractivity contribution in [2.45, 2.75) is 31.5 Å². The quantitative estimate of drug-likeness (QED) is 0.663. The van der Waals surface area contributed by atoms with Crippen molar-refractivity contribution in [2.75, 3.05) is 26.9 Å². The summed E-state index contributed by atoms with van der Waals surface area (Å²) < 4.78 is 15.0. The molecule has 1 aliphatic heterocycles. The van der Waals surface area contributed by atoms with E-state index in [0.29, 0.717) is 6.61 Å². The van der Waals surface area contributed by atoms with E-state index in [9.17, 15) is 9.90 Å². The topological polar surface area (TPSA) is 65.0 Å². The van der Waals surface area contributed by atoms with Crippen molar-refractivity contribution in [2.24, 2.45) is 0 Å². The van der Waals surface area contributed by atoms with Crippen LogP contribution in [0.2, 0.25) is 0 Å². The number of methoxy groups -OCH3 is 1. The average molecular weight is 218 g/mol. The molecule has 0 saturated carbocycles. The highest BCUT2D eigenvalue weighted by molar-refractivity contribution is 5.78. The molecule has 0 amide bonds. The van der Waals surface area contributed by atoms with Crippen LogP contribution in [0.1, 0.15) is 19.8 Å². The van der Waals surface area contributed by atoms with Crippen molar-refractivity contribution < 1.29 is 24.1 Å². The maximum Gasteiger partial charge on any atom is 0.339 e. The Bertz CT molecular complexity index is 208. The fourth-order valence-corrected chi connectivity index (χ4v) is 1.44. The zero-order valence-electron chi connectivity index (χ0n) is 9.19. The van der Waals surface area contributed by atoms with Gasteiger partial charge in [-0.25, -0.2) is 4.79 Å². The van der Waals surface area contributed by atoms with Gasteiger partial charge in [-0.05, 0) is 19.8 Å². The second-order valence-electron chi connectivity index (χ2n) is 3.92. The minimum atomic E-state index is -1.58. The first-order valence-corrected chi connectivity index (χ1v) is 5.06. The maximum atomic E-state index is 11.1. The predicted octanol–water partition coefficient (Wildman–Crippen LogP) is 0.106. The van der Waals surface area contributed by atoms with Crippen LogP contribution < -0.4 is 0 Å². The summed E-state index contributed by atoms with van der Waals surface area (Å²) in [6.07, 6.45) is 2.11. The van der Waals surface area contributed by atoms with Crippen molar-refractivity contribution in [3.8, 4) is 0 Å². The number of rotatable bonds is 5. The van der Waals surface area contributed by atoms with Gasteiger partial charge in [-0.3, -0.25) is 0 Å². The molecule has 1 fully saturated rings. The first kappa shape index (κ1) is 12.4. The number of aliphatic hydroxyl groups is 1. The number of esters is 1. The molecule has 15 heavy (non-hydrogen) atoms. The van der Waals surface area contributed by atoms with Crippen molar-refractivity contribution in [1.29, 1.82) is 0 Å². The van der Waals surface area contributed by atoms with Crippen molar-refractivity contribution in [3.05, 3.63) is 0 Å². The van der Waals surface area contributed by atoms with Crippen LogP contribution in [0, 0.1) is 0 Å². The lowest BCUT2D eigenvalue weighted by atomic mass is 10.1. The third kappa shape index (κ3) is 3.77. The lowest BCUT2D eigenvalue weighted by Gasteiger charge is -2.20. The Hall–Kier alpha value is -0.650. The highest BCUT2D eigenvalue weighted by atomic mass is 16.6. The van der Waals surface area contributed by atoms with Gasteiger partial charge in [0.1, 0.15) is 0 Å². The van der Waals surface area contributed by atoms with E-state index in [2.05, 4.69) is 4.74 Å². The molecule has 5 heteroatoms. The zero-order valence-corrected chi connectivity index (χ0v) is 9.19. The molecule has 0 aromatic carbocycles. The SMILES string of the molecule is COC(=O)C(C)(O)COCC1CCCO1. The van der Waals surface area contributed by atoms with E-state index >= 15 is 0 Å².